The Hall–Kier alpha value is -2.19. The maximum Gasteiger partial charge on any atom is 0.255 e. The van der Waals surface area contributed by atoms with E-state index in [1.807, 2.05) is 19.1 Å². The predicted molar refractivity (Wildman–Crippen MR) is 82.7 cm³/mol. The molecule has 2 rings (SSSR count). The van der Waals surface area contributed by atoms with E-state index in [2.05, 4.69) is 21.2 Å². The van der Waals surface area contributed by atoms with Crippen LogP contribution in [0.15, 0.2) is 34.8 Å². The molecule has 0 bridgehead atoms. The minimum atomic E-state index is -0.519. The normalized spacial score (nSPS) is 10.0. The van der Waals surface area contributed by atoms with Gasteiger partial charge in [0.1, 0.15) is 5.82 Å². The average Bonchev–Trinajstić information content (AvgIpc) is 2.42. The van der Waals surface area contributed by atoms with E-state index in [0.29, 0.717) is 16.8 Å². The number of amides is 1. The molecule has 5 heteroatoms. The van der Waals surface area contributed by atoms with E-state index in [1.54, 1.807) is 19.1 Å². The van der Waals surface area contributed by atoms with Crippen LogP contribution < -0.4 is 5.32 Å². The van der Waals surface area contributed by atoms with Crippen molar-refractivity contribution in [2.45, 2.75) is 13.8 Å². The third-order valence-corrected chi connectivity index (χ3v) is 3.48. The summed E-state index contributed by atoms with van der Waals surface area (Å²) in [5.41, 5.74) is 2.16. The third-order valence-electron chi connectivity index (χ3n) is 3.03. The number of hydrogen-bond donors (Lipinski definition) is 1. The summed E-state index contributed by atoms with van der Waals surface area (Å²) < 4.78 is 14.5. The van der Waals surface area contributed by atoms with Crippen molar-refractivity contribution in [1.29, 1.82) is 5.26 Å². The zero-order chi connectivity index (χ0) is 15.6. The van der Waals surface area contributed by atoms with Crippen molar-refractivity contribution in [2.24, 2.45) is 0 Å². The van der Waals surface area contributed by atoms with E-state index >= 15 is 0 Å². The minimum absolute atomic E-state index is 0.166. The Morgan fingerprint density at radius 2 is 1.95 bits per heavy atom. The van der Waals surface area contributed by atoms with E-state index in [4.69, 9.17) is 5.26 Å². The Morgan fingerprint density at radius 3 is 2.57 bits per heavy atom. The van der Waals surface area contributed by atoms with Crippen LogP contribution in [0.1, 0.15) is 27.0 Å². The van der Waals surface area contributed by atoms with Gasteiger partial charge in [-0.1, -0.05) is 15.9 Å². The third kappa shape index (κ3) is 3.47. The summed E-state index contributed by atoms with van der Waals surface area (Å²) in [4.78, 5) is 12.2. The standard InChI is InChI=1S/C16H12BrFN2O/c1-9-3-12(7-13(17)4-9)16(21)20-15-6-11(8-19)5-14(18)10(15)2/h3-7H,1-2H3,(H,20,21). The van der Waals surface area contributed by atoms with Crippen molar-refractivity contribution < 1.29 is 9.18 Å². The van der Waals surface area contributed by atoms with Crippen LogP contribution in [0.4, 0.5) is 10.1 Å². The lowest BCUT2D eigenvalue weighted by Gasteiger charge is -2.10. The molecule has 0 fully saturated rings. The van der Waals surface area contributed by atoms with Crippen LogP contribution in [0, 0.1) is 31.0 Å². The zero-order valence-electron chi connectivity index (χ0n) is 11.5. The lowest BCUT2D eigenvalue weighted by Crippen LogP contribution is -2.13. The number of nitriles is 1. The highest BCUT2D eigenvalue weighted by atomic mass is 79.9. The summed E-state index contributed by atoms with van der Waals surface area (Å²) in [5, 5.41) is 11.5. The summed E-state index contributed by atoms with van der Waals surface area (Å²) in [7, 11) is 0. The quantitative estimate of drug-likeness (QED) is 0.879. The number of carbonyl (C=O) groups is 1. The van der Waals surface area contributed by atoms with E-state index in [9.17, 15) is 9.18 Å². The fraction of sp³-hybridized carbons (Fsp3) is 0.125. The lowest BCUT2D eigenvalue weighted by molar-refractivity contribution is 0.102. The van der Waals surface area contributed by atoms with E-state index < -0.39 is 5.82 Å². The van der Waals surface area contributed by atoms with Crippen molar-refractivity contribution in [1.82, 2.24) is 0 Å². The first-order valence-electron chi connectivity index (χ1n) is 6.19. The molecule has 0 aliphatic rings. The van der Waals surface area contributed by atoms with Crippen LogP contribution in [-0.2, 0) is 0 Å². The highest BCUT2D eigenvalue weighted by Gasteiger charge is 2.12. The molecule has 0 aliphatic heterocycles. The van der Waals surface area contributed by atoms with Gasteiger partial charge in [0.25, 0.3) is 5.91 Å². The SMILES string of the molecule is Cc1cc(Br)cc(C(=O)Nc2cc(C#N)cc(F)c2C)c1. The monoisotopic (exact) mass is 346 g/mol. The van der Waals surface area contributed by atoms with Gasteiger partial charge in [0.2, 0.25) is 0 Å². The van der Waals surface area contributed by atoms with Crippen molar-refractivity contribution in [3.63, 3.8) is 0 Å². The Labute approximate surface area is 130 Å². The molecule has 0 heterocycles. The molecule has 106 valence electrons. The molecule has 2 aromatic carbocycles. The summed E-state index contributed by atoms with van der Waals surface area (Å²) in [6.45, 7) is 3.43. The van der Waals surface area contributed by atoms with Crippen LogP contribution in [0.25, 0.3) is 0 Å². The molecule has 21 heavy (non-hydrogen) atoms. The molecule has 0 saturated carbocycles. The summed E-state index contributed by atoms with van der Waals surface area (Å²) in [5.74, 6) is -0.869. The fourth-order valence-corrected chi connectivity index (χ4v) is 2.54. The summed E-state index contributed by atoms with van der Waals surface area (Å²) in [6.07, 6.45) is 0. The molecule has 0 aliphatic carbocycles. The van der Waals surface area contributed by atoms with E-state index in [1.165, 1.54) is 6.07 Å². The number of carbonyl (C=O) groups excluding carboxylic acids is 1. The number of halogens is 2. The van der Waals surface area contributed by atoms with Gasteiger partial charge in [0.15, 0.2) is 0 Å². The molecule has 1 N–H and O–H groups in total. The highest BCUT2D eigenvalue weighted by Crippen LogP contribution is 2.22. The van der Waals surface area contributed by atoms with Gasteiger partial charge in [-0.15, -0.1) is 0 Å². The van der Waals surface area contributed by atoms with Gasteiger partial charge in [-0.2, -0.15) is 5.26 Å². The highest BCUT2D eigenvalue weighted by molar-refractivity contribution is 9.10. The number of nitrogens with one attached hydrogen (secondary N) is 1. The molecule has 0 unspecified atom stereocenters. The van der Waals surface area contributed by atoms with Gasteiger partial charge in [-0.3, -0.25) is 4.79 Å². The number of rotatable bonds is 2. The fourth-order valence-electron chi connectivity index (χ4n) is 1.94. The van der Waals surface area contributed by atoms with Gasteiger partial charge in [0.05, 0.1) is 11.6 Å². The maximum atomic E-state index is 13.7. The van der Waals surface area contributed by atoms with Crippen LogP contribution in [-0.4, -0.2) is 5.91 Å². The molecule has 3 nitrogen and oxygen atoms in total. The van der Waals surface area contributed by atoms with Crippen LogP contribution in [0.5, 0.6) is 0 Å². The number of hydrogen-bond acceptors (Lipinski definition) is 2. The van der Waals surface area contributed by atoms with E-state index in [0.717, 1.165) is 16.1 Å². The molecular formula is C16H12BrFN2O. The number of nitrogens with zero attached hydrogens (tertiary/aromatic N) is 1. The van der Waals surface area contributed by atoms with Crippen molar-refractivity contribution in [2.75, 3.05) is 5.32 Å². The second-order valence-electron chi connectivity index (χ2n) is 4.71. The van der Waals surface area contributed by atoms with Gasteiger partial charge in [-0.05, 0) is 49.7 Å². The second-order valence-corrected chi connectivity index (χ2v) is 5.63. The van der Waals surface area contributed by atoms with Crippen molar-refractivity contribution >= 4 is 27.5 Å². The topological polar surface area (TPSA) is 52.9 Å². The number of aryl methyl sites for hydroxylation is 1. The Kier molecular flexibility index (Phi) is 4.39. The Morgan fingerprint density at radius 1 is 1.24 bits per heavy atom. The van der Waals surface area contributed by atoms with Crippen LogP contribution in [0.2, 0.25) is 0 Å². The Balaban J connectivity index is 2.36. The zero-order valence-corrected chi connectivity index (χ0v) is 13.1. The molecule has 0 aromatic heterocycles. The molecule has 0 atom stereocenters. The molecule has 1 amide bonds. The van der Waals surface area contributed by atoms with Crippen molar-refractivity contribution in [3.8, 4) is 6.07 Å². The first-order chi connectivity index (χ1) is 9.90. The second kappa shape index (κ2) is 6.06. The smallest absolute Gasteiger partial charge is 0.255 e. The van der Waals surface area contributed by atoms with Gasteiger partial charge in [0, 0.05) is 21.3 Å². The molecule has 2 aromatic rings. The predicted octanol–water partition coefficient (Wildman–Crippen LogP) is 4.33. The minimum Gasteiger partial charge on any atom is -0.322 e. The number of benzene rings is 2. The molecule has 0 saturated heterocycles. The van der Waals surface area contributed by atoms with Gasteiger partial charge < -0.3 is 5.32 Å². The van der Waals surface area contributed by atoms with Crippen LogP contribution in [0.3, 0.4) is 0 Å². The van der Waals surface area contributed by atoms with E-state index in [-0.39, 0.29) is 11.5 Å². The van der Waals surface area contributed by atoms with Gasteiger partial charge in [-0.25, -0.2) is 4.39 Å². The van der Waals surface area contributed by atoms with Gasteiger partial charge >= 0.3 is 0 Å². The summed E-state index contributed by atoms with van der Waals surface area (Å²) in [6, 6.07) is 9.78. The van der Waals surface area contributed by atoms with Crippen LogP contribution >= 0.6 is 15.9 Å². The lowest BCUT2D eigenvalue weighted by atomic mass is 10.1. The first kappa shape index (κ1) is 15.2. The maximum absolute atomic E-state index is 13.7. The molecular weight excluding hydrogens is 335 g/mol. The Bertz CT molecular complexity index is 745. The largest absolute Gasteiger partial charge is 0.322 e. The summed E-state index contributed by atoms with van der Waals surface area (Å²) >= 11 is 3.33. The first-order valence-corrected chi connectivity index (χ1v) is 6.99. The molecule has 0 spiro atoms. The number of anilines is 1. The van der Waals surface area contributed by atoms with Crippen molar-refractivity contribution in [3.05, 3.63) is 62.9 Å². The molecule has 0 radical (unpaired) electrons. The average molecular weight is 347 g/mol.